The van der Waals surface area contributed by atoms with Gasteiger partial charge in [0, 0.05) is 12.6 Å². The van der Waals surface area contributed by atoms with Gasteiger partial charge in [0.15, 0.2) is 0 Å². The Kier molecular flexibility index (Phi) is 4.42. The molecule has 6 nitrogen and oxygen atoms in total. The minimum absolute atomic E-state index is 0.0485. The fourth-order valence-electron chi connectivity index (χ4n) is 2.16. The Labute approximate surface area is 117 Å². The Morgan fingerprint density at radius 1 is 1.40 bits per heavy atom. The van der Waals surface area contributed by atoms with Gasteiger partial charge >= 0.3 is 5.97 Å². The van der Waals surface area contributed by atoms with Crippen LogP contribution in [-0.2, 0) is 14.8 Å². The lowest BCUT2D eigenvalue weighted by Gasteiger charge is -2.19. The Bertz CT molecular complexity index is 575. The van der Waals surface area contributed by atoms with Gasteiger partial charge < -0.3 is 9.84 Å². The van der Waals surface area contributed by atoms with Gasteiger partial charge in [0.05, 0.1) is 16.6 Å². The summed E-state index contributed by atoms with van der Waals surface area (Å²) in [5.41, 5.74) is 0.0520. The van der Waals surface area contributed by atoms with E-state index in [4.69, 9.17) is 9.84 Å². The van der Waals surface area contributed by atoms with E-state index in [0.717, 1.165) is 12.8 Å². The smallest absolute Gasteiger partial charge is 0.335 e. The van der Waals surface area contributed by atoms with E-state index in [1.54, 1.807) is 6.92 Å². The number of sulfonamides is 1. The standard InChI is InChI=1S/C13H17NO5S/c1-9(12-3-2-8-19-12)14-20(17,18)11-6-4-10(5-7-11)13(15)16/h4-7,9,12,14H,2-3,8H2,1H3,(H,15,16). The Morgan fingerprint density at radius 2 is 2.05 bits per heavy atom. The van der Waals surface area contributed by atoms with Gasteiger partial charge in [-0.15, -0.1) is 0 Å². The summed E-state index contributed by atoms with van der Waals surface area (Å²) in [6.45, 7) is 2.42. The van der Waals surface area contributed by atoms with Crippen molar-refractivity contribution >= 4 is 16.0 Å². The number of carbonyl (C=O) groups is 1. The third-order valence-electron chi connectivity index (χ3n) is 3.28. The van der Waals surface area contributed by atoms with Gasteiger partial charge in [-0.3, -0.25) is 0 Å². The SMILES string of the molecule is CC(NS(=O)(=O)c1ccc(C(=O)O)cc1)C1CCCO1. The highest BCUT2D eigenvalue weighted by molar-refractivity contribution is 7.89. The van der Waals surface area contributed by atoms with Crippen molar-refractivity contribution < 1.29 is 23.1 Å². The lowest BCUT2D eigenvalue weighted by molar-refractivity contribution is 0.0696. The Hall–Kier alpha value is -1.44. The number of hydrogen-bond acceptors (Lipinski definition) is 4. The van der Waals surface area contributed by atoms with Crippen molar-refractivity contribution in [3.8, 4) is 0 Å². The second kappa shape index (κ2) is 5.90. The summed E-state index contributed by atoms with van der Waals surface area (Å²) < 4.78 is 32.3. The van der Waals surface area contributed by atoms with Crippen LogP contribution in [0.4, 0.5) is 0 Å². The minimum atomic E-state index is -3.66. The molecular formula is C13H17NO5S. The van der Waals surface area contributed by atoms with Crippen LogP contribution in [0.15, 0.2) is 29.2 Å². The number of rotatable bonds is 5. The lowest BCUT2D eigenvalue weighted by atomic mass is 10.1. The first kappa shape index (κ1) is 15.0. The van der Waals surface area contributed by atoms with Gasteiger partial charge in [0.1, 0.15) is 0 Å². The molecule has 0 aliphatic carbocycles. The zero-order chi connectivity index (χ0) is 14.8. The summed E-state index contributed by atoms with van der Waals surface area (Å²) in [4.78, 5) is 10.8. The van der Waals surface area contributed by atoms with E-state index in [0.29, 0.717) is 6.61 Å². The highest BCUT2D eigenvalue weighted by Crippen LogP contribution is 2.18. The molecule has 0 bridgehead atoms. The van der Waals surface area contributed by atoms with Crippen molar-refractivity contribution in [1.82, 2.24) is 4.72 Å². The summed E-state index contributed by atoms with van der Waals surface area (Å²) in [5.74, 6) is -1.09. The van der Waals surface area contributed by atoms with Gasteiger partial charge in [-0.05, 0) is 44.0 Å². The predicted octanol–water partition coefficient (Wildman–Crippen LogP) is 1.23. The summed E-state index contributed by atoms with van der Waals surface area (Å²) in [6, 6.07) is 4.80. The summed E-state index contributed by atoms with van der Waals surface area (Å²) in [6.07, 6.45) is 1.66. The molecule has 0 spiro atoms. The molecule has 2 unspecified atom stereocenters. The van der Waals surface area contributed by atoms with Crippen LogP contribution >= 0.6 is 0 Å². The van der Waals surface area contributed by atoms with Crippen LogP contribution in [0.1, 0.15) is 30.1 Å². The van der Waals surface area contributed by atoms with E-state index in [9.17, 15) is 13.2 Å². The molecule has 0 saturated carbocycles. The van der Waals surface area contributed by atoms with E-state index in [1.807, 2.05) is 0 Å². The number of ether oxygens (including phenoxy) is 1. The molecule has 110 valence electrons. The maximum absolute atomic E-state index is 12.2. The Morgan fingerprint density at radius 3 is 2.55 bits per heavy atom. The highest BCUT2D eigenvalue weighted by Gasteiger charge is 2.26. The number of carboxylic acid groups (broad SMARTS) is 1. The molecular weight excluding hydrogens is 282 g/mol. The van der Waals surface area contributed by atoms with Crippen LogP contribution in [0.3, 0.4) is 0 Å². The molecule has 0 amide bonds. The van der Waals surface area contributed by atoms with E-state index < -0.39 is 16.0 Å². The minimum Gasteiger partial charge on any atom is -0.478 e. The normalized spacial score (nSPS) is 20.8. The molecule has 20 heavy (non-hydrogen) atoms. The van der Waals surface area contributed by atoms with Crippen LogP contribution in [0.2, 0.25) is 0 Å². The molecule has 2 rings (SSSR count). The molecule has 1 aliphatic rings. The largest absolute Gasteiger partial charge is 0.478 e. The van der Waals surface area contributed by atoms with Crippen LogP contribution in [0, 0.1) is 0 Å². The molecule has 1 heterocycles. The molecule has 1 saturated heterocycles. The zero-order valence-corrected chi connectivity index (χ0v) is 11.9. The first-order valence-corrected chi connectivity index (χ1v) is 7.86. The monoisotopic (exact) mass is 299 g/mol. The van der Waals surface area contributed by atoms with Crippen molar-refractivity contribution in [2.45, 2.75) is 36.8 Å². The maximum atomic E-state index is 12.2. The average molecular weight is 299 g/mol. The van der Waals surface area contributed by atoms with E-state index in [-0.39, 0.29) is 22.6 Å². The average Bonchev–Trinajstić information content (AvgIpc) is 2.92. The second-order valence-electron chi connectivity index (χ2n) is 4.79. The topological polar surface area (TPSA) is 92.7 Å². The van der Waals surface area contributed by atoms with Crippen LogP contribution < -0.4 is 4.72 Å². The van der Waals surface area contributed by atoms with Crippen LogP contribution in [0.5, 0.6) is 0 Å². The van der Waals surface area contributed by atoms with Gasteiger partial charge in [-0.25, -0.2) is 17.9 Å². The fourth-order valence-corrected chi connectivity index (χ4v) is 3.43. The Balaban J connectivity index is 2.11. The predicted molar refractivity (Wildman–Crippen MR) is 72.2 cm³/mol. The van der Waals surface area contributed by atoms with Gasteiger partial charge in [0.2, 0.25) is 10.0 Å². The van der Waals surface area contributed by atoms with Gasteiger partial charge in [0.25, 0.3) is 0 Å². The van der Waals surface area contributed by atoms with Crippen LogP contribution in [-0.4, -0.2) is 38.2 Å². The molecule has 1 aromatic rings. The molecule has 1 aliphatic heterocycles. The molecule has 1 fully saturated rings. The molecule has 2 N–H and O–H groups in total. The van der Waals surface area contributed by atoms with Crippen molar-refractivity contribution in [2.75, 3.05) is 6.61 Å². The second-order valence-corrected chi connectivity index (χ2v) is 6.50. The third kappa shape index (κ3) is 3.36. The van der Waals surface area contributed by atoms with E-state index in [2.05, 4.69) is 4.72 Å². The number of aromatic carboxylic acids is 1. The first-order valence-electron chi connectivity index (χ1n) is 6.37. The zero-order valence-electron chi connectivity index (χ0n) is 11.1. The lowest BCUT2D eigenvalue weighted by Crippen LogP contribution is -2.40. The van der Waals surface area contributed by atoms with E-state index >= 15 is 0 Å². The van der Waals surface area contributed by atoms with Crippen molar-refractivity contribution in [2.24, 2.45) is 0 Å². The fraction of sp³-hybridized carbons (Fsp3) is 0.462. The maximum Gasteiger partial charge on any atom is 0.335 e. The summed E-state index contributed by atoms with van der Waals surface area (Å²) >= 11 is 0. The quantitative estimate of drug-likeness (QED) is 0.853. The third-order valence-corrected chi connectivity index (χ3v) is 4.85. The van der Waals surface area contributed by atoms with Gasteiger partial charge in [-0.1, -0.05) is 0 Å². The first-order chi connectivity index (χ1) is 9.40. The van der Waals surface area contributed by atoms with Gasteiger partial charge in [-0.2, -0.15) is 0 Å². The molecule has 0 aromatic heterocycles. The molecule has 2 atom stereocenters. The summed E-state index contributed by atoms with van der Waals surface area (Å²) in [5, 5.41) is 8.79. The van der Waals surface area contributed by atoms with Crippen molar-refractivity contribution in [1.29, 1.82) is 0 Å². The molecule has 0 radical (unpaired) electrons. The van der Waals surface area contributed by atoms with Crippen molar-refractivity contribution in [3.63, 3.8) is 0 Å². The number of benzene rings is 1. The van der Waals surface area contributed by atoms with E-state index in [1.165, 1.54) is 24.3 Å². The molecule has 1 aromatic carbocycles. The van der Waals surface area contributed by atoms with Crippen molar-refractivity contribution in [3.05, 3.63) is 29.8 Å². The molecule has 7 heteroatoms. The number of hydrogen-bond donors (Lipinski definition) is 2. The highest BCUT2D eigenvalue weighted by atomic mass is 32.2. The summed E-state index contributed by atoms with van der Waals surface area (Å²) in [7, 11) is -3.66. The number of carboxylic acids is 1. The number of nitrogens with one attached hydrogen (secondary N) is 1. The van der Waals surface area contributed by atoms with Crippen LogP contribution in [0.25, 0.3) is 0 Å².